The van der Waals surface area contributed by atoms with Gasteiger partial charge >= 0.3 is 5.97 Å². The minimum Gasteiger partial charge on any atom is -0.618 e. The molecule has 14 atom stereocenters. The number of piperidine rings is 1. The van der Waals surface area contributed by atoms with Crippen LogP contribution in [0.3, 0.4) is 0 Å². The van der Waals surface area contributed by atoms with Crippen LogP contribution in [0, 0.1) is 34.8 Å². The maximum atomic E-state index is 14.5. The number of aliphatic hydroxyl groups excluding tert-OH is 2. The summed E-state index contributed by atoms with van der Waals surface area (Å²) in [5.41, 5.74) is 1.57. The van der Waals surface area contributed by atoms with Gasteiger partial charge in [-0.2, -0.15) is 4.73 Å². The number of carbonyl (C=O) groups is 5. The summed E-state index contributed by atoms with van der Waals surface area (Å²) < 4.78 is 57.0. The van der Waals surface area contributed by atoms with Gasteiger partial charge in [0.1, 0.15) is 30.5 Å². The van der Waals surface area contributed by atoms with Gasteiger partial charge in [0.2, 0.25) is 17.4 Å². The van der Waals surface area contributed by atoms with E-state index in [-0.39, 0.29) is 86.4 Å². The van der Waals surface area contributed by atoms with Crippen LogP contribution < -0.4 is 10.0 Å². The lowest BCUT2D eigenvalue weighted by Crippen LogP contribution is -2.64. The van der Waals surface area contributed by atoms with Gasteiger partial charge in [-0.15, -0.1) is 0 Å². The molecule has 0 aromatic carbocycles. The summed E-state index contributed by atoms with van der Waals surface area (Å²) in [5.74, 6) is -10.1. The largest absolute Gasteiger partial charge is 0.618 e. The third-order valence-corrected chi connectivity index (χ3v) is 17.1. The fraction of sp³-hybridized carbons (Fsp3) is 0.736. The summed E-state index contributed by atoms with van der Waals surface area (Å²) in [5, 5.41) is 49.3. The standard InChI is InChI=1S/C53H81N3O16S/c1-32-24-33(2)26-45(69-7)49-46(70-8)28-35(4)53(64,72-49)50(61)51(62)55-20-11-10-16-40(55)52(63)71-48(34(3)27-37-17-18-41(57)44(29-37)68-6)36(5)42(58)31-43(59)38(25-32)14-13-22-73(66,67)23-19-54-47(60)30-39-15-9-12-21-56(39)65/h9,12,15,21,25,27,33,35-38,40-42,44-46,48-49,57-58,64H,10-11,13-14,16-20,22-24,26,28-31H2,1-8H3,(H,54,60)/b32-25+,34-27+/t33-,35+,36+,37-,38+,40-,41+,42-,44+,45-,46-,48+,49+,53+/m0/s1. The molecule has 410 valence electrons. The number of nitrogens with one attached hydrogen (secondary N) is 1. The van der Waals surface area contributed by atoms with Crippen molar-refractivity contribution >= 4 is 39.2 Å². The van der Waals surface area contributed by atoms with Crippen LogP contribution in [-0.2, 0) is 63.9 Å². The second-order valence-corrected chi connectivity index (χ2v) is 23.4. The fourth-order valence-electron chi connectivity index (χ4n) is 11.1. The van der Waals surface area contributed by atoms with E-state index in [4.69, 9.17) is 23.7 Å². The number of methoxy groups -OCH3 is 3. The molecular weight excluding hydrogens is 967 g/mol. The number of ether oxygens (including phenoxy) is 5. The lowest BCUT2D eigenvalue weighted by Gasteiger charge is -2.47. The van der Waals surface area contributed by atoms with Crippen molar-refractivity contribution in [1.29, 1.82) is 0 Å². The quantitative estimate of drug-likeness (QED) is 0.0685. The molecule has 1 aromatic heterocycles. The number of esters is 1. The van der Waals surface area contributed by atoms with Gasteiger partial charge in [-0.3, -0.25) is 19.2 Å². The second-order valence-electron chi connectivity index (χ2n) is 21.1. The Labute approximate surface area is 430 Å². The number of ketones is 2. The number of pyridine rings is 1. The average Bonchev–Trinajstić information content (AvgIpc) is 3.35. The normalized spacial score (nSPS) is 34.7. The minimum atomic E-state index is -3.72. The van der Waals surface area contributed by atoms with Crippen molar-refractivity contribution in [1.82, 2.24) is 10.2 Å². The van der Waals surface area contributed by atoms with E-state index in [1.54, 1.807) is 32.9 Å². The summed E-state index contributed by atoms with van der Waals surface area (Å²) in [6, 6.07) is 3.43. The minimum absolute atomic E-state index is 0.0238. The summed E-state index contributed by atoms with van der Waals surface area (Å²) in [4.78, 5) is 71.5. The van der Waals surface area contributed by atoms with Gasteiger partial charge in [0.05, 0.1) is 42.0 Å². The number of aliphatic hydroxyl groups is 3. The van der Waals surface area contributed by atoms with Gasteiger partial charge in [-0.05, 0) is 108 Å². The van der Waals surface area contributed by atoms with Crippen LogP contribution in [0.1, 0.15) is 117 Å². The molecule has 4 N–H and O–H groups in total. The van der Waals surface area contributed by atoms with E-state index in [2.05, 4.69) is 5.32 Å². The predicted octanol–water partition coefficient (Wildman–Crippen LogP) is 3.25. The average molecular weight is 1050 g/mol. The molecule has 73 heavy (non-hydrogen) atoms. The first-order chi connectivity index (χ1) is 34.5. The van der Waals surface area contributed by atoms with Crippen LogP contribution in [0.25, 0.3) is 0 Å². The monoisotopic (exact) mass is 1050 g/mol. The number of rotatable bonds is 14. The number of cyclic esters (lactones) is 1. The molecule has 0 radical (unpaired) electrons. The molecule has 3 aliphatic heterocycles. The SMILES string of the molecule is CO[C@H]1C[C@@H](C)C/C(C)=C/[C@@H](CCCS(=O)(=O)CCNC(=O)Cc2cccc[n+]2[O-])C(=O)C[C@H](O)[C@@H](C)[C@@H](/C(C)=C/[C@@H]2CC[C@@H](O)[C@H](OC)C2)OC(=O)[C@@H]2CCCCN2C(=O)C(=O)[C@]2(O)O[C@H]1[C@@H](OC)C[C@H]2C. The van der Waals surface area contributed by atoms with Crippen molar-refractivity contribution in [2.75, 3.05) is 45.9 Å². The zero-order valence-corrected chi connectivity index (χ0v) is 44.8. The number of sulfone groups is 1. The molecule has 5 rings (SSSR count). The number of fused-ring (bicyclic) bond motifs is 3. The third-order valence-electron chi connectivity index (χ3n) is 15.4. The molecule has 2 amide bonds. The van der Waals surface area contributed by atoms with Crippen molar-refractivity contribution in [2.24, 2.45) is 29.6 Å². The van der Waals surface area contributed by atoms with E-state index >= 15 is 0 Å². The van der Waals surface area contributed by atoms with E-state index in [1.807, 2.05) is 19.9 Å². The van der Waals surface area contributed by atoms with Crippen LogP contribution in [0.2, 0.25) is 0 Å². The summed E-state index contributed by atoms with van der Waals surface area (Å²) in [6.07, 6.45) is 2.27. The van der Waals surface area contributed by atoms with Gasteiger partial charge in [0.25, 0.3) is 11.7 Å². The Morgan fingerprint density at radius 3 is 2.33 bits per heavy atom. The van der Waals surface area contributed by atoms with E-state index in [1.165, 1.54) is 39.7 Å². The zero-order chi connectivity index (χ0) is 53.8. The number of allylic oxidation sites excluding steroid dienone is 3. The van der Waals surface area contributed by atoms with Crippen LogP contribution in [0.4, 0.5) is 0 Å². The Kier molecular flexibility index (Phi) is 22.1. The molecule has 0 spiro atoms. The molecule has 19 nitrogen and oxygen atoms in total. The molecule has 2 saturated heterocycles. The molecule has 20 heteroatoms. The molecule has 1 saturated carbocycles. The fourth-order valence-corrected chi connectivity index (χ4v) is 12.3. The number of Topliss-reactive ketones (excluding diaryl/α,β-unsaturated/α-hetero) is 2. The number of hydrogen-bond donors (Lipinski definition) is 4. The lowest BCUT2D eigenvalue weighted by atomic mass is 9.81. The van der Waals surface area contributed by atoms with Gasteiger partial charge in [0.15, 0.2) is 16.0 Å². The Morgan fingerprint density at radius 1 is 0.945 bits per heavy atom. The highest BCUT2D eigenvalue weighted by Gasteiger charge is 2.56. The predicted molar refractivity (Wildman–Crippen MR) is 268 cm³/mol. The highest BCUT2D eigenvalue weighted by molar-refractivity contribution is 7.91. The van der Waals surface area contributed by atoms with E-state index in [9.17, 15) is 52.9 Å². The van der Waals surface area contributed by atoms with E-state index in [0.29, 0.717) is 55.2 Å². The first-order valence-corrected chi connectivity index (χ1v) is 27.8. The maximum Gasteiger partial charge on any atom is 0.329 e. The number of amides is 2. The lowest BCUT2D eigenvalue weighted by molar-refractivity contribution is -0.613. The van der Waals surface area contributed by atoms with E-state index in [0.717, 1.165) is 10.5 Å². The number of carbonyl (C=O) groups excluding carboxylic acids is 5. The Morgan fingerprint density at radius 2 is 1.64 bits per heavy atom. The van der Waals surface area contributed by atoms with Crippen molar-refractivity contribution in [3.63, 3.8) is 0 Å². The van der Waals surface area contributed by atoms with Crippen LogP contribution in [-0.4, -0.2) is 158 Å². The highest BCUT2D eigenvalue weighted by atomic mass is 32.2. The van der Waals surface area contributed by atoms with Crippen molar-refractivity contribution in [3.8, 4) is 0 Å². The topological polar surface area (TPSA) is 269 Å². The second kappa shape index (κ2) is 27.1. The Hall–Kier alpha value is -4.15. The Bertz CT molecular complexity index is 2240. The van der Waals surface area contributed by atoms with Crippen molar-refractivity contribution < 1.29 is 76.1 Å². The first-order valence-electron chi connectivity index (χ1n) is 25.9. The van der Waals surface area contributed by atoms with Crippen molar-refractivity contribution in [2.45, 2.75) is 173 Å². The molecule has 1 aromatic rings. The zero-order valence-electron chi connectivity index (χ0n) is 43.9. The molecule has 3 fully saturated rings. The third kappa shape index (κ3) is 15.9. The molecule has 2 bridgehead atoms. The van der Waals surface area contributed by atoms with Gasteiger partial charge in [-0.1, -0.05) is 38.5 Å². The van der Waals surface area contributed by atoms with Gasteiger partial charge < -0.3 is 54.4 Å². The number of aromatic nitrogens is 1. The molecule has 4 aliphatic rings. The maximum absolute atomic E-state index is 14.5. The number of nitrogens with zero attached hydrogens (tertiary/aromatic N) is 2. The first kappa shape index (κ1) is 59.7. The van der Waals surface area contributed by atoms with Crippen LogP contribution in [0.15, 0.2) is 47.7 Å². The van der Waals surface area contributed by atoms with Crippen LogP contribution in [0.5, 0.6) is 0 Å². The van der Waals surface area contributed by atoms with Gasteiger partial charge in [0, 0.05) is 70.7 Å². The van der Waals surface area contributed by atoms with Crippen LogP contribution >= 0.6 is 0 Å². The summed E-state index contributed by atoms with van der Waals surface area (Å²) in [7, 11) is 0.770. The highest BCUT2D eigenvalue weighted by Crippen LogP contribution is 2.39. The van der Waals surface area contributed by atoms with Crippen molar-refractivity contribution in [3.05, 3.63) is 58.6 Å². The molecule has 0 unspecified atom stereocenters. The molecule has 4 heterocycles. The molecule has 1 aliphatic carbocycles. The Balaban J connectivity index is 1.46. The summed E-state index contributed by atoms with van der Waals surface area (Å²) in [6.45, 7) is 8.68. The van der Waals surface area contributed by atoms with E-state index < -0.39 is 106 Å². The van der Waals surface area contributed by atoms with Gasteiger partial charge in [-0.25, -0.2) is 13.2 Å². The number of hydrogen-bond acceptors (Lipinski definition) is 16. The smallest absolute Gasteiger partial charge is 0.329 e. The molecular formula is C53H81N3O16S. The summed E-state index contributed by atoms with van der Waals surface area (Å²) >= 11 is 0.